The zero-order valence-electron chi connectivity index (χ0n) is 16.9. The van der Waals surface area contributed by atoms with Gasteiger partial charge in [-0.3, -0.25) is 14.5 Å². The quantitative estimate of drug-likeness (QED) is 0.762. The number of ether oxygens (including phenoxy) is 3. The summed E-state index contributed by atoms with van der Waals surface area (Å²) >= 11 is 0. The summed E-state index contributed by atoms with van der Waals surface area (Å²) in [6.45, 7) is 1.96. The highest BCUT2D eigenvalue weighted by Gasteiger charge is 2.47. The minimum absolute atomic E-state index is 0.197. The van der Waals surface area contributed by atoms with Crippen LogP contribution in [0, 0.1) is 6.92 Å². The molecule has 2 heterocycles. The van der Waals surface area contributed by atoms with Gasteiger partial charge in [0.2, 0.25) is 18.0 Å². The number of hydrogen-bond acceptors (Lipinski definition) is 6. The number of nitrogens with one attached hydrogen (secondary N) is 1. The maximum Gasteiger partial charge on any atom is 0.344 e. The summed E-state index contributed by atoms with van der Waals surface area (Å²) in [6.07, 6.45) is -0.452. The van der Waals surface area contributed by atoms with Crippen molar-refractivity contribution < 1.29 is 28.6 Å². The van der Waals surface area contributed by atoms with Crippen LogP contribution < -0.4 is 14.8 Å². The van der Waals surface area contributed by atoms with E-state index in [2.05, 4.69) is 5.32 Å². The number of carbonyl (C=O) groups is 3. The predicted molar refractivity (Wildman–Crippen MR) is 107 cm³/mol. The molecule has 0 radical (unpaired) electrons. The molecule has 2 atom stereocenters. The number of fused-ring (bicyclic) bond motifs is 1. The van der Waals surface area contributed by atoms with Gasteiger partial charge in [0.15, 0.2) is 11.5 Å². The average Bonchev–Trinajstić information content (AvgIpc) is 3.28. The third-order valence-electron chi connectivity index (χ3n) is 5.40. The minimum Gasteiger partial charge on any atom is -0.493 e. The first-order chi connectivity index (χ1) is 14.4. The standard InChI is InChI=1S/C22H22N2O6/c1-12-4-6-13(7-5-12)23-20(26)15-9-11-17(25)24(15)21-14-8-10-16(28-2)19(29-3)18(14)22(27)30-21/h4-8,10,15,21H,9,11H2,1-3H3,(H,23,26)/t15-,21-/m1/s1. The summed E-state index contributed by atoms with van der Waals surface area (Å²) in [5.41, 5.74) is 2.39. The molecule has 1 saturated heterocycles. The van der Waals surface area contributed by atoms with Gasteiger partial charge >= 0.3 is 5.97 Å². The molecule has 8 heteroatoms. The van der Waals surface area contributed by atoms with Crippen LogP contribution in [0.25, 0.3) is 0 Å². The number of benzene rings is 2. The Morgan fingerprint density at radius 1 is 1.10 bits per heavy atom. The van der Waals surface area contributed by atoms with E-state index in [0.29, 0.717) is 23.4 Å². The smallest absolute Gasteiger partial charge is 0.344 e. The van der Waals surface area contributed by atoms with Crippen molar-refractivity contribution in [2.75, 3.05) is 19.5 Å². The lowest BCUT2D eigenvalue weighted by Gasteiger charge is -2.29. The zero-order chi connectivity index (χ0) is 21.4. The number of aryl methyl sites for hydroxylation is 1. The fraction of sp³-hybridized carbons (Fsp3) is 0.318. The molecule has 2 aliphatic heterocycles. The molecule has 156 valence electrons. The summed E-state index contributed by atoms with van der Waals surface area (Å²) in [4.78, 5) is 39.5. The highest BCUT2D eigenvalue weighted by Crippen LogP contribution is 2.45. The summed E-state index contributed by atoms with van der Waals surface area (Å²) in [6, 6.07) is 9.94. The first-order valence-corrected chi connectivity index (χ1v) is 9.59. The minimum atomic E-state index is -0.990. The Morgan fingerprint density at radius 2 is 1.83 bits per heavy atom. The number of methoxy groups -OCH3 is 2. The van der Waals surface area contributed by atoms with E-state index >= 15 is 0 Å². The van der Waals surface area contributed by atoms with Gasteiger partial charge < -0.3 is 19.5 Å². The number of cyclic esters (lactones) is 1. The molecule has 8 nitrogen and oxygen atoms in total. The van der Waals surface area contributed by atoms with Gasteiger partial charge in [-0.1, -0.05) is 17.7 Å². The molecule has 2 aromatic carbocycles. The molecule has 2 amide bonds. The molecule has 0 unspecified atom stereocenters. The Balaban J connectivity index is 1.64. The van der Waals surface area contributed by atoms with Crippen molar-refractivity contribution in [2.24, 2.45) is 0 Å². The normalized spacial score (nSPS) is 20.0. The van der Waals surface area contributed by atoms with E-state index in [9.17, 15) is 14.4 Å². The van der Waals surface area contributed by atoms with Crippen molar-refractivity contribution in [3.63, 3.8) is 0 Å². The van der Waals surface area contributed by atoms with Crippen LogP contribution in [0.5, 0.6) is 11.5 Å². The summed E-state index contributed by atoms with van der Waals surface area (Å²) in [5, 5.41) is 2.84. The highest BCUT2D eigenvalue weighted by molar-refractivity contribution is 6.01. The summed E-state index contributed by atoms with van der Waals surface area (Å²) in [5.74, 6) is -0.567. The van der Waals surface area contributed by atoms with Gasteiger partial charge in [0.1, 0.15) is 11.6 Å². The Hall–Kier alpha value is -3.55. The van der Waals surface area contributed by atoms with E-state index in [-0.39, 0.29) is 29.5 Å². The summed E-state index contributed by atoms with van der Waals surface area (Å²) < 4.78 is 16.1. The third-order valence-corrected chi connectivity index (χ3v) is 5.40. The SMILES string of the molecule is COc1ccc2c(c1OC)C(=O)O[C@H]2N1C(=O)CC[C@@H]1C(=O)Nc1ccc(C)cc1. The number of hydrogen-bond donors (Lipinski definition) is 1. The van der Waals surface area contributed by atoms with Crippen LogP contribution >= 0.6 is 0 Å². The first-order valence-electron chi connectivity index (χ1n) is 9.59. The molecule has 1 N–H and O–H groups in total. The lowest BCUT2D eigenvalue weighted by Crippen LogP contribution is -2.43. The second-order valence-corrected chi connectivity index (χ2v) is 7.23. The second-order valence-electron chi connectivity index (χ2n) is 7.23. The van der Waals surface area contributed by atoms with Crippen molar-refractivity contribution in [1.29, 1.82) is 0 Å². The van der Waals surface area contributed by atoms with Crippen LogP contribution in [0.15, 0.2) is 36.4 Å². The maximum atomic E-state index is 12.9. The fourth-order valence-corrected chi connectivity index (χ4v) is 3.91. The van der Waals surface area contributed by atoms with Gasteiger partial charge in [-0.25, -0.2) is 4.79 Å². The number of rotatable bonds is 5. The maximum absolute atomic E-state index is 12.9. The number of nitrogens with zero attached hydrogens (tertiary/aromatic N) is 1. The number of esters is 1. The van der Waals surface area contributed by atoms with Gasteiger partial charge in [0.05, 0.1) is 14.2 Å². The second kappa shape index (κ2) is 7.70. The third kappa shape index (κ3) is 3.24. The number of anilines is 1. The van der Waals surface area contributed by atoms with Crippen LogP contribution in [0.4, 0.5) is 5.69 Å². The molecule has 4 rings (SSSR count). The molecule has 0 bridgehead atoms. The largest absolute Gasteiger partial charge is 0.493 e. The highest BCUT2D eigenvalue weighted by atomic mass is 16.6. The molecular weight excluding hydrogens is 388 g/mol. The molecule has 0 aliphatic carbocycles. The van der Waals surface area contributed by atoms with E-state index in [1.807, 2.05) is 19.1 Å². The topological polar surface area (TPSA) is 94.2 Å². The van der Waals surface area contributed by atoms with Gasteiger partial charge in [-0.15, -0.1) is 0 Å². The van der Waals surface area contributed by atoms with Crippen LogP contribution in [0.1, 0.15) is 40.6 Å². The fourth-order valence-electron chi connectivity index (χ4n) is 3.91. The zero-order valence-corrected chi connectivity index (χ0v) is 16.9. The van der Waals surface area contributed by atoms with Crippen molar-refractivity contribution in [2.45, 2.75) is 32.0 Å². The number of amides is 2. The van der Waals surface area contributed by atoms with Gasteiger partial charge in [0.25, 0.3) is 0 Å². The average molecular weight is 410 g/mol. The van der Waals surface area contributed by atoms with E-state index in [4.69, 9.17) is 14.2 Å². The molecule has 0 saturated carbocycles. The Kier molecular flexibility index (Phi) is 5.07. The number of carbonyl (C=O) groups excluding carboxylic acids is 3. The lowest BCUT2D eigenvalue weighted by atomic mass is 10.0. The van der Waals surface area contributed by atoms with Crippen LogP contribution in [-0.2, 0) is 14.3 Å². The van der Waals surface area contributed by atoms with Crippen molar-refractivity contribution in [3.05, 3.63) is 53.1 Å². The molecule has 0 aromatic heterocycles. The molecule has 0 spiro atoms. The monoisotopic (exact) mass is 410 g/mol. The predicted octanol–water partition coefficient (Wildman–Crippen LogP) is 2.81. The Bertz CT molecular complexity index is 1020. The van der Waals surface area contributed by atoms with Crippen LogP contribution in [0.3, 0.4) is 0 Å². The van der Waals surface area contributed by atoms with Gasteiger partial charge in [-0.05, 0) is 37.6 Å². The van der Waals surface area contributed by atoms with E-state index in [0.717, 1.165) is 5.56 Å². The molecule has 30 heavy (non-hydrogen) atoms. The van der Waals surface area contributed by atoms with E-state index < -0.39 is 18.2 Å². The molecule has 2 aromatic rings. The molecule has 2 aliphatic rings. The lowest BCUT2D eigenvalue weighted by molar-refractivity contribution is -0.144. The van der Waals surface area contributed by atoms with E-state index in [1.54, 1.807) is 24.3 Å². The molecule has 1 fully saturated rings. The van der Waals surface area contributed by atoms with Crippen LogP contribution in [0.2, 0.25) is 0 Å². The summed E-state index contributed by atoms with van der Waals surface area (Å²) in [7, 11) is 2.90. The first kappa shape index (κ1) is 19.8. The van der Waals surface area contributed by atoms with Gasteiger partial charge in [-0.2, -0.15) is 0 Å². The Morgan fingerprint density at radius 3 is 2.50 bits per heavy atom. The van der Waals surface area contributed by atoms with Crippen molar-refractivity contribution >= 4 is 23.5 Å². The van der Waals surface area contributed by atoms with Crippen LogP contribution in [-0.4, -0.2) is 42.9 Å². The molecular formula is C22H22N2O6. The van der Waals surface area contributed by atoms with Crippen molar-refractivity contribution in [3.8, 4) is 11.5 Å². The Labute approximate surface area is 173 Å². The number of likely N-dealkylation sites (tertiary alicyclic amines) is 1. The van der Waals surface area contributed by atoms with E-state index in [1.165, 1.54) is 19.1 Å². The van der Waals surface area contributed by atoms with Crippen molar-refractivity contribution in [1.82, 2.24) is 4.90 Å². The van der Waals surface area contributed by atoms with Gasteiger partial charge in [0, 0.05) is 17.7 Å².